The van der Waals surface area contributed by atoms with Gasteiger partial charge >= 0.3 is 5.97 Å². The van der Waals surface area contributed by atoms with Crippen LogP contribution in [0.5, 0.6) is 0 Å². The Bertz CT molecular complexity index is 605. The van der Waals surface area contributed by atoms with Crippen LogP contribution < -0.4 is 0 Å². The Balaban J connectivity index is 3.69. The molecule has 1 atom stereocenters. The molecule has 6 heteroatoms. The van der Waals surface area contributed by atoms with Crippen LogP contribution in [0.1, 0.15) is 187 Å². The number of carbonyl (C=O) groups is 1. The van der Waals surface area contributed by atoms with Crippen molar-refractivity contribution < 1.29 is 22.5 Å². The van der Waals surface area contributed by atoms with Crippen molar-refractivity contribution in [3.63, 3.8) is 0 Å². The van der Waals surface area contributed by atoms with Crippen molar-refractivity contribution in [2.45, 2.75) is 192 Å². The summed E-state index contributed by atoms with van der Waals surface area (Å²) >= 11 is 0. The fourth-order valence-corrected chi connectivity index (χ4v) is 5.90. The summed E-state index contributed by atoms with van der Waals surface area (Å²) in [6, 6.07) is 0. The fourth-order valence-electron chi connectivity index (χ4n) is 5.12. The molecule has 38 heavy (non-hydrogen) atoms. The van der Waals surface area contributed by atoms with E-state index in [4.69, 9.17) is 4.74 Å². The van der Waals surface area contributed by atoms with Gasteiger partial charge < -0.3 is 4.74 Å². The van der Waals surface area contributed by atoms with Crippen LogP contribution >= 0.6 is 0 Å². The lowest BCUT2D eigenvalue weighted by molar-refractivity contribution is -0.143. The minimum absolute atomic E-state index is 0.147. The molecule has 0 aromatic carbocycles. The Morgan fingerprint density at radius 2 is 0.816 bits per heavy atom. The van der Waals surface area contributed by atoms with Crippen molar-refractivity contribution in [3.05, 3.63) is 0 Å². The highest BCUT2D eigenvalue weighted by atomic mass is 32.2. The first kappa shape index (κ1) is 37.4. The van der Waals surface area contributed by atoms with Gasteiger partial charge in [0.1, 0.15) is 0 Å². The van der Waals surface area contributed by atoms with E-state index in [1.807, 2.05) is 0 Å². The lowest BCUT2D eigenvalue weighted by Gasteiger charge is -2.13. The van der Waals surface area contributed by atoms with Crippen LogP contribution in [0, 0.1) is 0 Å². The number of rotatable bonds is 30. The Morgan fingerprint density at radius 3 is 1.13 bits per heavy atom. The van der Waals surface area contributed by atoms with E-state index in [0.29, 0.717) is 6.42 Å². The first-order valence-electron chi connectivity index (χ1n) is 16.6. The molecule has 1 N–H and O–H groups in total. The second-order valence-corrected chi connectivity index (χ2v) is 13.0. The zero-order valence-corrected chi connectivity index (χ0v) is 26.2. The summed E-state index contributed by atoms with van der Waals surface area (Å²) in [6.07, 6.45) is 31.9. The highest BCUT2D eigenvalue weighted by Gasteiger charge is 2.31. The molecule has 0 aromatic heterocycles. The van der Waals surface area contributed by atoms with Crippen molar-refractivity contribution in [2.75, 3.05) is 6.61 Å². The van der Waals surface area contributed by atoms with Gasteiger partial charge in [-0.05, 0) is 12.8 Å². The summed E-state index contributed by atoms with van der Waals surface area (Å²) in [5.74, 6) is -0.787. The zero-order valence-electron chi connectivity index (χ0n) is 25.4. The summed E-state index contributed by atoms with van der Waals surface area (Å²) < 4.78 is 38.2. The number of esters is 1. The Kier molecular flexibility index (Phi) is 27.5. The van der Waals surface area contributed by atoms with Gasteiger partial charge in [0.2, 0.25) is 0 Å². The standard InChI is InChI=1S/C32H64O5S/c1-3-5-7-9-11-13-15-17-18-20-22-24-26-28-30-37-32(33)31(38(34,35)36)29-27-25-23-21-19-16-14-12-10-8-6-4-2/h31H,3-30H2,1-2H3,(H,34,35,36). The van der Waals surface area contributed by atoms with Gasteiger partial charge in [-0.25, -0.2) is 0 Å². The molecule has 0 radical (unpaired) electrons. The summed E-state index contributed by atoms with van der Waals surface area (Å²) in [6.45, 7) is 4.73. The number of ether oxygens (including phenoxy) is 1. The van der Waals surface area contributed by atoms with Gasteiger partial charge in [0.25, 0.3) is 10.1 Å². The second-order valence-electron chi connectivity index (χ2n) is 11.4. The number of hydrogen-bond acceptors (Lipinski definition) is 4. The van der Waals surface area contributed by atoms with Gasteiger partial charge in [-0.2, -0.15) is 8.42 Å². The molecule has 0 aliphatic heterocycles. The monoisotopic (exact) mass is 560 g/mol. The zero-order chi connectivity index (χ0) is 28.2. The normalized spacial score (nSPS) is 12.6. The highest BCUT2D eigenvalue weighted by Crippen LogP contribution is 2.17. The lowest BCUT2D eigenvalue weighted by Crippen LogP contribution is -2.32. The Hall–Kier alpha value is -0.620. The maximum atomic E-state index is 12.3. The quantitative estimate of drug-likeness (QED) is 0.0537. The Labute approximate surface area is 237 Å². The molecule has 0 amide bonds. The molecule has 5 nitrogen and oxygen atoms in total. The third-order valence-corrected chi connectivity index (χ3v) is 8.83. The van der Waals surface area contributed by atoms with E-state index in [0.717, 1.165) is 38.5 Å². The molecule has 0 aliphatic carbocycles. The van der Waals surface area contributed by atoms with Gasteiger partial charge in [0.05, 0.1) is 6.61 Å². The molecule has 0 spiro atoms. The first-order valence-corrected chi connectivity index (χ1v) is 18.1. The molecule has 228 valence electrons. The van der Waals surface area contributed by atoms with Crippen molar-refractivity contribution >= 4 is 16.1 Å². The van der Waals surface area contributed by atoms with Crippen LogP contribution in [-0.2, 0) is 19.6 Å². The van der Waals surface area contributed by atoms with Crippen molar-refractivity contribution in [3.8, 4) is 0 Å². The van der Waals surface area contributed by atoms with Gasteiger partial charge in [-0.3, -0.25) is 9.35 Å². The molecule has 0 aliphatic rings. The van der Waals surface area contributed by atoms with Crippen molar-refractivity contribution in [1.82, 2.24) is 0 Å². The van der Waals surface area contributed by atoms with Crippen LogP contribution in [0.2, 0.25) is 0 Å². The molecule has 0 aromatic rings. The van der Waals surface area contributed by atoms with Gasteiger partial charge in [0, 0.05) is 0 Å². The maximum Gasteiger partial charge on any atom is 0.326 e. The number of hydrogen-bond donors (Lipinski definition) is 1. The third kappa shape index (κ3) is 25.6. The highest BCUT2D eigenvalue weighted by molar-refractivity contribution is 7.87. The minimum atomic E-state index is -4.42. The summed E-state index contributed by atoms with van der Waals surface area (Å²) in [5, 5.41) is -1.43. The molecular formula is C32H64O5S. The molecule has 0 saturated carbocycles. The first-order chi connectivity index (χ1) is 18.4. The SMILES string of the molecule is CCCCCCCCCCCCCCCCOC(=O)C(CCCCCCCCCCCCCC)S(=O)(=O)O. The largest absolute Gasteiger partial charge is 0.465 e. The lowest BCUT2D eigenvalue weighted by atomic mass is 10.0. The maximum absolute atomic E-state index is 12.3. The van der Waals surface area contributed by atoms with E-state index in [1.54, 1.807) is 0 Å². The predicted octanol–water partition coefficient (Wildman–Crippen LogP) is 10.4. The van der Waals surface area contributed by atoms with Crippen LogP contribution in [0.4, 0.5) is 0 Å². The average molecular weight is 561 g/mol. The van der Waals surface area contributed by atoms with Crippen LogP contribution in [0.3, 0.4) is 0 Å². The van der Waals surface area contributed by atoms with Gasteiger partial charge in [-0.1, -0.05) is 174 Å². The van der Waals surface area contributed by atoms with E-state index in [9.17, 15) is 17.8 Å². The van der Waals surface area contributed by atoms with E-state index in [1.165, 1.54) is 122 Å². The van der Waals surface area contributed by atoms with Crippen LogP contribution in [0.15, 0.2) is 0 Å². The number of unbranched alkanes of at least 4 members (excludes halogenated alkanes) is 24. The molecule has 0 saturated heterocycles. The van der Waals surface area contributed by atoms with Gasteiger partial charge in [0.15, 0.2) is 5.25 Å². The van der Waals surface area contributed by atoms with Crippen molar-refractivity contribution in [1.29, 1.82) is 0 Å². The van der Waals surface area contributed by atoms with E-state index in [2.05, 4.69) is 13.8 Å². The second kappa shape index (κ2) is 27.9. The summed E-state index contributed by atoms with van der Waals surface area (Å²) in [7, 11) is -4.42. The van der Waals surface area contributed by atoms with Crippen LogP contribution in [-0.4, -0.2) is 30.8 Å². The number of carbonyl (C=O) groups excluding carboxylic acids is 1. The van der Waals surface area contributed by atoms with E-state index >= 15 is 0 Å². The minimum Gasteiger partial charge on any atom is -0.465 e. The van der Waals surface area contributed by atoms with E-state index < -0.39 is 21.3 Å². The molecule has 0 rings (SSSR count). The summed E-state index contributed by atoms with van der Waals surface area (Å²) in [5.41, 5.74) is 0. The predicted molar refractivity (Wildman–Crippen MR) is 162 cm³/mol. The summed E-state index contributed by atoms with van der Waals surface area (Å²) in [4.78, 5) is 12.3. The topological polar surface area (TPSA) is 80.7 Å². The van der Waals surface area contributed by atoms with Crippen LogP contribution in [0.25, 0.3) is 0 Å². The average Bonchev–Trinajstić information content (AvgIpc) is 2.88. The smallest absolute Gasteiger partial charge is 0.326 e. The molecule has 0 bridgehead atoms. The van der Waals surface area contributed by atoms with Crippen molar-refractivity contribution in [2.24, 2.45) is 0 Å². The fraction of sp³-hybridized carbons (Fsp3) is 0.969. The third-order valence-electron chi connectivity index (χ3n) is 7.68. The van der Waals surface area contributed by atoms with E-state index in [-0.39, 0.29) is 13.0 Å². The Morgan fingerprint density at radius 1 is 0.526 bits per heavy atom. The van der Waals surface area contributed by atoms with Gasteiger partial charge in [-0.15, -0.1) is 0 Å². The molecule has 0 fully saturated rings. The molecule has 1 unspecified atom stereocenters. The molecular weight excluding hydrogens is 496 g/mol. The molecule has 0 heterocycles.